The number of fused-ring (bicyclic) bond motifs is 1. The Morgan fingerprint density at radius 3 is 2.86 bits per heavy atom. The fourth-order valence-corrected chi connectivity index (χ4v) is 5.49. The number of para-hydroxylation sites is 1. The van der Waals surface area contributed by atoms with Gasteiger partial charge in [0.05, 0.1) is 36.9 Å². The van der Waals surface area contributed by atoms with Gasteiger partial charge in [-0.2, -0.15) is 5.26 Å². The van der Waals surface area contributed by atoms with Gasteiger partial charge in [0, 0.05) is 24.9 Å². The molecular weight excluding hydrogens is 478 g/mol. The van der Waals surface area contributed by atoms with Gasteiger partial charge in [0.2, 0.25) is 5.91 Å². The Labute approximate surface area is 214 Å². The molecule has 1 aromatic carbocycles. The molecule has 9 nitrogen and oxygen atoms in total. The van der Waals surface area contributed by atoms with E-state index in [1.165, 1.54) is 11.3 Å². The van der Waals surface area contributed by atoms with Crippen molar-refractivity contribution in [1.29, 1.82) is 5.26 Å². The van der Waals surface area contributed by atoms with Gasteiger partial charge in [-0.25, -0.2) is 9.78 Å². The van der Waals surface area contributed by atoms with Crippen molar-refractivity contribution in [1.82, 2.24) is 14.5 Å². The molecule has 1 atom stereocenters. The molecular formula is C26H29N5O4S. The second-order valence-electron chi connectivity index (χ2n) is 8.67. The summed E-state index contributed by atoms with van der Waals surface area (Å²) in [7, 11) is 1.84. The number of carbonyl (C=O) groups excluding carboxylic acids is 2. The SMILES string of the molecule is CCOc1ccccc1[C@@H](C)CC(=O)Nc1sc2c(c1C#N)CCN(C(=O)OCc1cncn1C)C2. The third kappa shape index (κ3) is 5.52. The lowest BCUT2D eigenvalue weighted by molar-refractivity contribution is -0.116. The number of hydrogen-bond donors (Lipinski definition) is 1. The topological polar surface area (TPSA) is 109 Å². The van der Waals surface area contributed by atoms with Gasteiger partial charge < -0.3 is 24.3 Å². The summed E-state index contributed by atoms with van der Waals surface area (Å²) < 4.78 is 12.9. The number of ether oxygens (including phenoxy) is 2. The van der Waals surface area contributed by atoms with E-state index < -0.39 is 6.09 Å². The molecule has 2 amide bonds. The molecule has 0 aliphatic carbocycles. The lowest BCUT2D eigenvalue weighted by atomic mass is 9.96. The van der Waals surface area contributed by atoms with E-state index in [0.717, 1.165) is 27.4 Å². The van der Waals surface area contributed by atoms with Gasteiger partial charge in [-0.1, -0.05) is 25.1 Å². The first-order valence-electron chi connectivity index (χ1n) is 11.8. The highest BCUT2D eigenvalue weighted by molar-refractivity contribution is 7.16. The van der Waals surface area contributed by atoms with Crippen molar-refractivity contribution in [3.63, 3.8) is 0 Å². The van der Waals surface area contributed by atoms with Crippen LogP contribution in [0.1, 0.15) is 53.4 Å². The van der Waals surface area contributed by atoms with Crippen molar-refractivity contribution in [2.45, 2.75) is 45.8 Å². The third-order valence-corrected chi connectivity index (χ3v) is 7.31. The van der Waals surface area contributed by atoms with Gasteiger partial charge in [-0.15, -0.1) is 11.3 Å². The molecule has 1 N–H and O–H groups in total. The lowest BCUT2D eigenvalue weighted by Crippen LogP contribution is -2.35. The Bertz CT molecular complexity index is 1290. The van der Waals surface area contributed by atoms with Gasteiger partial charge >= 0.3 is 6.09 Å². The van der Waals surface area contributed by atoms with Crippen molar-refractivity contribution >= 4 is 28.3 Å². The van der Waals surface area contributed by atoms with Crippen LogP contribution in [0.5, 0.6) is 5.75 Å². The molecule has 36 heavy (non-hydrogen) atoms. The zero-order chi connectivity index (χ0) is 25.7. The molecule has 0 bridgehead atoms. The molecule has 0 fully saturated rings. The van der Waals surface area contributed by atoms with Crippen LogP contribution in [0, 0.1) is 11.3 Å². The van der Waals surface area contributed by atoms with Crippen LogP contribution < -0.4 is 10.1 Å². The van der Waals surface area contributed by atoms with Crippen molar-refractivity contribution in [2.75, 3.05) is 18.5 Å². The number of aryl methyl sites for hydroxylation is 1. The van der Waals surface area contributed by atoms with Gasteiger partial charge in [0.15, 0.2) is 0 Å². The van der Waals surface area contributed by atoms with Crippen LogP contribution in [-0.4, -0.2) is 39.6 Å². The highest BCUT2D eigenvalue weighted by atomic mass is 32.1. The van der Waals surface area contributed by atoms with E-state index in [0.29, 0.717) is 36.7 Å². The molecule has 0 spiro atoms. The molecule has 0 saturated heterocycles. The number of carbonyl (C=O) groups is 2. The van der Waals surface area contributed by atoms with E-state index in [1.54, 1.807) is 22.0 Å². The number of aromatic nitrogens is 2. The zero-order valence-electron chi connectivity index (χ0n) is 20.6. The van der Waals surface area contributed by atoms with Gasteiger partial charge in [-0.05, 0) is 36.5 Å². The maximum atomic E-state index is 12.9. The summed E-state index contributed by atoms with van der Waals surface area (Å²) in [6.07, 6.45) is 3.68. The Balaban J connectivity index is 1.40. The van der Waals surface area contributed by atoms with E-state index in [4.69, 9.17) is 9.47 Å². The number of anilines is 1. The predicted molar refractivity (Wildman–Crippen MR) is 136 cm³/mol. The van der Waals surface area contributed by atoms with Crippen LogP contribution >= 0.6 is 11.3 Å². The van der Waals surface area contributed by atoms with Crippen LogP contribution in [0.25, 0.3) is 0 Å². The molecule has 1 aliphatic rings. The number of rotatable bonds is 8. The first-order chi connectivity index (χ1) is 17.4. The Morgan fingerprint density at radius 1 is 1.33 bits per heavy atom. The Hall–Kier alpha value is -3.84. The molecule has 1 aliphatic heterocycles. The quantitative estimate of drug-likeness (QED) is 0.478. The van der Waals surface area contributed by atoms with Crippen molar-refractivity contribution < 1.29 is 19.1 Å². The van der Waals surface area contributed by atoms with Crippen LogP contribution in [-0.2, 0) is 36.2 Å². The summed E-state index contributed by atoms with van der Waals surface area (Å²) in [4.78, 5) is 32.0. The van der Waals surface area contributed by atoms with Crippen LogP contribution in [0.15, 0.2) is 36.8 Å². The number of nitrogens with zero attached hydrogens (tertiary/aromatic N) is 4. The summed E-state index contributed by atoms with van der Waals surface area (Å²) in [5.41, 5.74) is 3.14. The maximum Gasteiger partial charge on any atom is 0.410 e. The zero-order valence-corrected chi connectivity index (χ0v) is 21.4. The number of thiophene rings is 1. The summed E-state index contributed by atoms with van der Waals surface area (Å²) in [5, 5.41) is 13.3. The number of amides is 2. The Kier molecular flexibility index (Phi) is 7.90. The maximum absolute atomic E-state index is 12.9. The van der Waals surface area contributed by atoms with E-state index in [-0.39, 0.29) is 24.9 Å². The standard InChI is InChI=1S/C26H29N5O4S/c1-4-34-22-8-6-5-7-19(22)17(2)11-24(32)29-25-21(12-27)20-9-10-31(14-23(20)36-25)26(33)35-15-18-13-28-16-30(18)3/h5-8,13,16-17H,4,9-11,14-15H2,1-3H3,(H,29,32)/t17-/m0/s1. The molecule has 10 heteroatoms. The van der Waals surface area contributed by atoms with E-state index in [9.17, 15) is 14.9 Å². The second kappa shape index (κ2) is 11.3. The number of nitrogens with one attached hydrogen (secondary N) is 1. The lowest BCUT2D eigenvalue weighted by Gasteiger charge is -2.26. The number of hydrogen-bond acceptors (Lipinski definition) is 7. The molecule has 0 saturated carbocycles. The van der Waals surface area contributed by atoms with Crippen molar-refractivity contribution in [3.8, 4) is 11.8 Å². The average molecular weight is 508 g/mol. The highest BCUT2D eigenvalue weighted by Gasteiger charge is 2.28. The summed E-state index contributed by atoms with van der Waals surface area (Å²) in [5.74, 6) is 0.550. The van der Waals surface area contributed by atoms with E-state index in [1.807, 2.05) is 45.2 Å². The molecule has 4 rings (SSSR count). The highest BCUT2D eigenvalue weighted by Crippen LogP contribution is 2.37. The van der Waals surface area contributed by atoms with Gasteiger partial charge in [-0.3, -0.25) is 4.79 Å². The minimum atomic E-state index is -0.416. The van der Waals surface area contributed by atoms with Crippen LogP contribution in [0.3, 0.4) is 0 Å². The second-order valence-corrected chi connectivity index (χ2v) is 9.77. The van der Waals surface area contributed by atoms with Gasteiger partial charge in [0.25, 0.3) is 0 Å². The van der Waals surface area contributed by atoms with Crippen LogP contribution in [0.2, 0.25) is 0 Å². The van der Waals surface area contributed by atoms with Crippen LogP contribution in [0.4, 0.5) is 9.80 Å². The van der Waals surface area contributed by atoms with Gasteiger partial charge in [0.1, 0.15) is 23.4 Å². The summed E-state index contributed by atoms with van der Waals surface area (Å²) >= 11 is 1.35. The summed E-state index contributed by atoms with van der Waals surface area (Å²) in [6, 6.07) is 9.96. The minimum absolute atomic E-state index is 0.0578. The minimum Gasteiger partial charge on any atom is -0.494 e. The smallest absolute Gasteiger partial charge is 0.410 e. The number of nitriles is 1. The first-order valence-corrected chi connectivity index (χ1v) is 12.7. The molecule has 3 aromatic rings. The van der Waals surface area contributed by atoms with Crippen molar-refractivity contribution in [3.05, 3.63) is 64.1 Å². The monoisotopic (exact) mass is 507 g/mol. The molecule has 0 radical (unpaired) electrons. The summed E-state index contributed by atoms with van der Waals surface area (Å²) in [6.45, 7) is 5.39. The fourth-order valence-electron chi connectivity index (χ4n) is 4.26. The van der Waals surface area contributed by atoms with E-state index in [2.05, 4.69) is 16.4 Å². The fraction of sp³-hybridized carbons (Fsp3) is 0.385. The molecule has 3 heterocycles. The van der Waals surface area contributed by atoms with Crippen molar-refractivity contribution in [2.24, 2.45) is 7.05 Å². The number of benzene rings is 1. The Morgan fingerprint density at radius 2 is 2.14 bits per heavy atom. The predicted octanol–water partition coefficient (Wildman–Crippen LogP) is 4.58. The molecule has 2 aromatic heterocycles. The third-order valence-electron chi connectivity index (χ3n) is 6.18. The largest absolute Gasteiger partial charge is 0.494 e. The average Bonchev–Trinajstić information content (AvgIpc) is 3.44. The first kappa shape index (κ1) is 25.3. The van der Waals surface area contributed by atoms with E-state index >= 15 is 0 Å². The molecule has 188 valence electrons. The normalized spacial score (nSPS) is 13.4. The molecule has 0 unspecified atom stereocenters. The number of imidazole rings is 1.